The fourth-order valence-corrected chi connectivity index (χ4v) is 2.37. The van der Waals surface area contributed by atoms with Gasteiger partial charge in [0.1, 0.15) is 5.60 Å². The Morgan fingerprint density at radius 3 is 2.35 bits per heavy atom. The van der Waals surface area contributed by atoms with Crippen molar-refractivity contribution in [1.82, 2.24) is 4.90 Å². The van der Waals surface area contributed by atoms with Crippen LogP contribution in [-0.2, 0) is 9.47 Å². The second-order valence-corrected chi connectivity index (χ2v) is 5.84. The van der Waals surface area contributed by atoms with E-state index in [4.69, 9.17) is 9.47 Å². The summed E-state index contributed by atoms with van der Waals surface area (Å²) >= 11 is 0. The average molecular weight is 243 g/mol. The van der Waals surface area contributed by atoms with Crippen molar-refractivity contribution in [3.63, 3.8) is 0 Å². The highest BCUT2D eigenvalue weighted by atomic mass is 16.5. The van der Waals surface area contributed by atoms with Gasteiger partial charge < -0.3 is 9.47 Å². The van der Waals surface area contributed by atoms with Crippen LogP contribution in [0.25, 0.3) is 0 Å². The lowest BCUT2D eigenvalue weighted by molar-refractivity contribution is -0.171. The van der Waals surface area contributed by atoms with Crippen LogP contribution in [0.2, 0.25) is 0 Å². The van der Waals surface area contributed by atoms with E-state index in [1.54, 1.807) is 7.11 Å². The third kappa shape index (κ3) is 4.23. The summed E-state index contributed by atoms with van der Waals surface area (Å²) in [5.74, 6) is 0.596. The number of hydrogen-bond donors (Lipinski definition) is 0. The standard InChI is InChI=1S/C14H29NO2/c1-6-7-13(4)15-9-14(10-15,16-5)11-17-8-12(2)3/h12-13H,6-11H2,1-5H3. The highest BCUT2D eigenvalue weighted by Crippen LogP contribution is 2.28. The zero-order chi connectivity index (χ0) is 12.9. The number of ether oxygens (including phenoxy) is 2. The smallest absolute Gasteiger partial charge is 0.116 e. The minimum absolute atomic E-state index is 0.0448. The molecule has 1 atom stereocenters. The average Bonchev–Trinajstić information content (AvgIpc) is 2.21. The number of hydrogen-bond acceptors (Lipinski definition) is 3. The van der Waals surface area contributed by atoms with Crippen molar-refractivity contribution in [1.29, 1.82) is 0 Å². The van der Waals surface area contributed by atoms with Gasteiger partial charge in [-0.25, -0.2) is 0 Å². The second kappa shape index (κ2) is 6.72. The van der Waals surface area contributed by atoms with Crippen molar-refractivity contribution in [2.45, 2.75) is 52.2 Å². The van der Waals surface area contributed by atoms with Crippen LogP contribution in [0.1, 0.15) is 40.5 Å². The lowest BCUT2D eigenvalue weighted by atomic mass is 9.92. The molecule has 0 bridgehead atoms. The van der Waals surface area contributed by atoms with Crippen LogP contribution >= 0.6 is 0 Å². The predicted molar refractivity (Wildman–Crippen MR) is 71.3 cm³/mol. The predicted octanol–water partition coefficient (Wildman–Crippen LogP) is 2.55. The van der Waals surface area contributed by atoms with Crippen LogP contribution in [0, 0.1) is 5.92 Å². The first-order valence-electron chi connectivity index (χ1n) is 6.90. The van der Waals surface area contributed by atoms with E-state index in [0.717, 1.165) is 26.3 Å². The van der Waals surface area contributed by atoms with E-state index in [-0.39, 0.29) is 5.60 Å². The Labute approximate surface area is 106 Å². The van der Waals surface area contributed by atoms with Gasteiger partial charge in [-0.3, -0.25) is 4.90 Å². The molecule has 1 fully saturated rings. The summed E-state index contributed by atoms with van der Waals surface area (Å²) in [5.41, 5.74) is -0.0448. The van der Waals surface area contributed by atoms with Crippen LogP contribution in [0.5, 0.6) is 0 Å². The maximum atomic E-state index is 5.73. The molecule has 0 aromatic heterocycles. The van der Waals surface area contributed by atoms with E-state index in [1.165, 1.54) is 12.8 Å². The van der Waals surface area contributed by atoms with Gasteiger partial charge in [0.15, 0.2) is 0 Å². The van der Waals surface area contributed by atoms with Crippen LogP contribution in [0.15, 0.2) is 0 Å². The first-order valence-corrected chi connectivity index (χ1v) is 6.90. The number of methoxy groups -OCH3 is 1. The van der Waals surface area contributed by atoms with Crippen molar-refractivity contribution in [2.75, 3.05) is 33.4 Å². The summed E-state index contributed by atoms with van der Waals surface area (Å²) < 4.78 is 11.4. The Hall–Kier alpha value is -0.120. The fraction of sp³-hybridized carbons (Fsp3) is 1.00. The van der Waals surface area contributed by atoms with Gasteiger partial charge in [-0.1, -0.05) is 27.2 Å². The largest absolute Gasteiger partial charge is 0.378 e. The quantitative estimate of drug-likeness (QED) is 0.654. The SMILES string of the molecule is CCCC(C)N1CC(COCC(C)C)(OC)C1. The van der Waals surface area contributed by atoms with Gasteiger partial charge >= 0.3 is 0 Å². The minimum Gasteiger partial charge on any atom is -0.378 e. The third-order valence-electron chi connectivity index (χ3n) is 3.56. The Balaban J connectivity index is 2.27. The molecule has 0 radical (unpaired) electrons. The molecule has 3 heteroatoms. The second-order valence-electron chi connectivity index (χ2n) is 5.84. The maximum Gasteiger partial charge on any atom is 0.116 e. The van der Waals surface area contributed by atoms with Crippen LogP contribution in [0.4, 0.5) is 0 Å². The van der Waals surface area contributed by atoms with Gasteiger partial charge in [0.2, 0.25) is 0 Å². The third-order valence-corrected chi connectivity index (χ3v) is 3.56. The van der Waals surface area contributed by atoms with E-state index in [0.29, 0.717) is 12.0 Å². The molecule has 1 unspecified atom stereocenters. The molecule has 1 heterocycles. The Morgan fingerprint density at radius 1 is 1.24 bits per heavy atom. The summed E-state index contributed by atoms with van der Waals surface area (Å²) in [4.78, 5) is 2.49. The number of likely N-dealkylation sites (tertiary alicyclic amines) is 1. The molecular formula is C14H29NO2. The summed E-state index contributed by atoms with van der Waals surface area (Å²) in [5, 5.41) is 0. The number of rotatable bonds is 8. The van der Waals surface area contributed by atoms with Crippen LogP contribution < -0.4 is 0 Å². The maximum absolute atomic E-state index is 5.73. The zero-order valence-electron chi connectivity index (χ0n) is 12.2. The van der Waals surface area contributed by atoms with Crippen molar-refractivity contribution in [3.05, 3.63) is 0 Å². The molecule has 1 aliphatic heterocycles. The minimum atomic E-state index is -0.0448. The molecule has 17 heavy (non-hydrogen) atoms. The van der Waals surface area contributed by atoms with Crippen molar-refractivity contribution < 1.29 is 9.47 Å². The van der Waals surface area contributed by atoms with Gasteiger partial charge in [0, 0.05) is 32.8 Å². The molecule has 0 amide bonds. The van der Waals surface area contributed by atoms with Crippen LogP contribution in [0.3, 0.4) is 0 Å². The molecule has 102 valence electrons. The van der Waals surface area contributed by atoms with E-state index in [2.05, 4.69) is 32.6 Å². The number of nitrogens with zero attached hydrogens (tertiary/aromatic N) is 1. The highest BCUT2D eigenvalue weighted by Gasteiger charge is 2.45. The van der Waals surface area contributed by atoms with E-state index in [1.807, 2.05) is 0 Å². The fourth-order valence-electron chi connectivity index (χ4n) is 2.37. The topological polar surface area (TPSA) is 21.7 Å². The molecule has 1 aliphatic rings. The van der Waals surface area contributed by atoms with E-state index in [9.17, 15) is 0 Å². The van der Waals surface area contributed by atoms with E-state index >= 15 is 0 Å². The Morgan fingerprint density at radius 2 is 1.88 bits per heavy atom. The molecular weight excluding hydrogens is 214 g/mol. The lowest BCUT2D eigenvalue weighted by Gasteiger charge is -2.51. The molecule has 0 saturated carbocycles. The molecule has 0 aliphatic carbocycles. The lowest BCUT2D eigenvalue weighted by Crippen LogP contribution is -2.67. The molecule has 0 N–H and O–H groups in total. The summed E-state index contributed by atoms with van der Waals surface area (Å²) in [7, 11) is 1.81. The summed E-state index contributed by atoms with van der Waals surface area (Å²) in [6, 6.07) is 0.674. The first kappa shape index (κ1) is 14.9. The monoisotopic (exact) mass is 243 g/mol. The highest BCUT2D eigenvalue weighted by molar-refractivity contribution is 4.99. The van der Waals surface area contributed by atoms with E-state index < -0.39 is 0 Å². The summed E-state index contributed by atoms with van der Waals surface area (Å²) in [6.07, 6.45) is 2.52. The molecule has 3 nitrogen and oxygen atoms in total. The van der Waals surface area contributed by atoms with Gasteiger partial charge in [0.25, 0.3) is 0 Å². The zero-order valence-corrected chi connectivity index (χ0v) is 12.2. The van der Waals surface area contributed by atoms with Gasteiger partial charge in [-0.15, -0.1) is 0 Å². The molecule has 0 aromatic rings. The van der Waals surface area contributed by atoms with Crippen molar-refractivity contribution >= 4 is 0 Å². The normalized spacial score (nSPS) is 21.5. The summed E-state index contributed by atoms with van der Waals surface area (Å²) in [6.45, 7) is 12.5. The van der Waals surface area contributed by atoms with Crippen molar-refractivity contribution in [2.24, 2.45) is 5.92 Å². The van der Waals surface area contributed by atoms with Gasteiger partial charge in [0.05, 0.1) is 6.61 Å². The van der Waals surface area contributed by atoms with Crippen LogP contribution in [-0.4, -0.2) is 50.0 Å². The Kier molecular flexibility index (Phi) is 5.90. The molecule has 1 saturated heterocycles. The Bertz CT molecular complexity index is 212. The van der Waals surface area contributed by atoms with Gasteiger partial charge in [-0.05, 0) is 19.3 Å². The molecule has 0 spiro atoms. The molecule has 1 rings (SSSR count). The van der Waals surface area contributed by atoms with Gasteiger partial charge in [-0.2, -0.15) is 0 Å². The van der Waals surface area contributed by atoms with Crippen molar-refractivity contribution in [3.8, 4) is 0 Å². The first-order chi connectivity index (χ1) is 8.03. The molecule has 0 aromatic carbocycles.